The molecule has 114 valence electrons. The molecule has 0 spiro atoms. The van der Waals surface area contributed by atoms with E-state index in [0.29, 0.717) is 13.0 Å². The van der Waals surface area contributed by atoms with Gasteiger partial charge in [-0.25, -0.2) is 0 Å². The van der Waals surface area contributed by atoms with Crippen molar-refractivity contribution in [3.05, 3.63) is 48.0 Å². The molecule has 0 aliphatic heterocycles. The van der Waals surface area contributed by atoms with Crippen molar-refractivity contribution in [3.63, 3.8) is 0 Å². The van der Waals surface area contributed by atoms with Gasteiger partial charge in [0.25, 0.3) is 0 Å². The molecule has 0 heterocycles. The van der Waals surface area contributed by atoms with Crippen molar-refractivity contribution in [1.82, 2.24) is 5.32 Å². The molecule has 1 N–H and O–H groups in total. The Kier molecular flexibility index (Phi) is 5.23. The van der Waals surface area contributed by atoms with Gasteiger partial charge in [0.2, 0.25) is 0 Å². The van der Waals surface area contributed by atoms with E-state index in [2.05, 4.69) is 29.6 Å². The summed E-state index contributed by atoms with van der Waals surface area (Å²) >= 11 is 0. The Morgan fingerprint density at radius 2 is 1.71 bits per heavy atom. The van der Waals surface area contributed by atoms with Gasteiger partial charge >= 0.3 is 6.18 Å². The zero-order chi connectivity index (χ0) is 15.3. The molecule has 0 radical (unpaired) electrons. The van der Waals surface area contributed by atoms with Crippen molar-refractivity contribution in [2.45, 2.75) is 38.4 Å². The third kappa shape index (κ3) is 4.74. The lowest BCUT2D eigenvalue weighted by Gasteiger charge is -2.16. The second-order valence-electron chi connectivity index (χ2n) is 5.32. The van der Waals surface area contributed by atoms with Crippen LogP contribution in [0.3, 0.4) is 0 Å². The highest BCUT2D eigenvalue weighted by Crippen LogP contribution is 2.24. The van der Waals surface area contributed by atoms with Crippen molar-refractivity contribution in [2.75, 3.05) is 6.54 Å². The summed E-state index contributed by atoms with van der Waals surface area (Å²) in [6, 6.07) is 14.4. The lowest BCUT2D eigenvalue weighted by Crippen LogP contribution is -2.20. The summed E-state index contributed by atoms with van der Waals surface area (Å²) in [4.78, 5) is 0. The molecule has 0 saturated heterocycles. The van der Waals surface area contributed by atoms with E-state index in [0.717, 1.165) is 0 Å². The predicted molar refractivity (Wildman–Crippen MR) is 80.3 cm³/mol. The summed E-state index contributed by atoms with van der Waals surface area (Å²) in [6.07, 6.45) is -4.02. The molecule has 0 aliphatic rings. The number of rotatable bonds is 6. The Morgan fingerprint density at radius 3 is 2.48 bits per heavy atom. The highest BCUT2D eigenvalue weighted by atomic mass is 19.4. The second-order valence-corrected chi connectivity index (χ2v) is 5.32. The van der Waals surface area contributed by atoms with Gasteiger partial charge in [-0.3, -0.25) is 0 Å². The van der Waals surface area contributed by atoms with E-state index in [1.165, 1.54) is 16.3 Å². The molecular formula is C17H20F3N. The SMILES string of the molecule is CC(NCCCCC(F)(F)F)c1cccc2ccccc12. The molecule has 1 unspecified atom stereocenters. The van der Waals surface area contributed by atoms with Gasteiger partial charge in [-0.15, -0.1) is 0 Å². The first-order valence-corrected chi connectivity index (χ1v) is 7.25. The van der Waals surface area contributed by atoms with E-state index >= 15 is 0 Å². The predicted octanol–water partition coefficient (Wildman–Crippen LogP) is 5.22. The zero-order valence-electron chi connectivity index (χ0n) is 12.1. The van der Waals surface area contributed by atoms with Crippen LogP contribution in [0, 0.1) is 0 Å². The molecule has 2 aromatic carbocycles. The second kappa shape index (κ2) is 6.94. The Hall–Kier alpha value is -1.55. The molecule has 0 amide bonds. The first-order valence-electron chi connectivity index (χ1n) is 7.25. The molecule has 1 atom stereocenters. The number of nitrogens with one attached hydrogen (secondary N) is 1. The smallest absolute Gasteiger partial charge is 0.310 e. The third-order valence-corrected chi connectivity index (χ3v) is 3.63. The van der Waals surface area contributed by atoms with Gasteiger partial charge in [0.15, 0.2) is 0 Å². The van der Waals surface area contributed by atoms with Crippen LogP contribution in [-0.2, 0) is 0 Å². The fourth-order valence-electron chi connectivity index (χ4n) is 2.51. The normalized spacial score (nSPS) is 13.5. The van der Waals surface area contributed by atoms with Crippen molar-refractivity contribution in [1.29, 1.82) is 0 Å². The zero-order valence-corrected chi connectivity index (χ0v) is 12.1. The fourth-order valence-corrected chi connectivity index (χ4v) is 2.51. The quantitative estimate of drug-likeness (QED) is 0.720. The van der Waals surface area contributed by atoms with E-state index in [1.807, 2.05) is 25.1 Å². The van der Waals surface area contributed by atoms with Gasteiger partial charge in [0, 0.05) is 12.5 Å². The summed E-state index contributed by atoms with van der Waals surface area (Å²) in [5.74, 6) is 0. The van der Waals surface area contributed by atoms with Gasteiger partial charge in [-0.1, -0.05) is 42.5 Å². The van der Waals surface area contributed by atoms with Gasteiger partial charge in [-0.05, 0) is 42.6 Å². The fraction of sp³-hybridized carbons (Fsp3) is 0.412. The van der Waals surface area contributed by atoms with E-state index in [4.69, 9.17) is 0 Å². The number of hydrogen-bond donors (Lipinski definition) is 1. The van der Waals surface area contributed by atoms with E-state index in [9.17, 15) is 13.2 Å². The maximum absolute atomic E-state index is 12.1. The molecule has 1 nitrogen and oxygen atoms in total. The molecule has 2 rings (SSSR count). The average Bonchev–Trinajstić information content (AvgIpc) is 2.45. The van der Waals surface area contributed by atoms with Gasteiger partial charge in [-0.2, -0.15) is 13.2 Å². The van der Waals surface area contributed by atoms with E-state index < -0.39 is 12.6 Å². The van der Waals surface area contributed by atoms with Crippen LogP contribution in [0.5, 0.6) is 0 Å². The maximum Gasteiger partial charge on any atom is 0.389 e. The van der Waals surface area contributed by atoms with Gasteiger partial charge < -0.3 is 5.32 Å². The molecular weight excluding hydrogens is 275 g/mol. The van der Waals surface area contributed by atoms with Crippen LogP contribution in [0.15, 0.2) is 42.5 Å². The summed E-state index contributed by atoms with van der Waals surface area (Å²) in [7, 11) is 0. The Balaban J connectivity index is 1.89. The van der Waals surface area contributed by atoms with Gasteiger partial charge in [0.05, 0.1) is 0 Å². The summed E-state index contributed by atoms with van der Waals surface area (Å²) < 4.78 is 36.2. The number of halogens is 3. The van der Waals surface area contributed by atoms with Crippen LogP contribution in [0.4, 0.5) is 13.2 Å². The van der Waals surface area contributed by atoms with Crippen LogP contribution < -0.4 is 5.32 Å². The largest absolute Gasteiger partial charge is 0.389 e. The minimum atomic E-state index is -4.04. The van der Waals surface area contributed by atoms with Crippen molar-refractivity contribution < 1.29 is 13.2 Å². The minimum Gasteiger partial charge on any atom is -0.310 e. The van der Waals surface area contributed by atoms with Crippen molar-refractivity contribution in [2.24, 2.45) is 0 Å². The molecule has 2 aromatic rings. The van der Waals surface area contributed by atoms with E-state index in [1.54, 1.807) is 0 Å². The molecule has 0 bridgehead atoms. The first-order chi connectivity index (χ1) is 9.97. The summed E-state index contributed by atoms with van der Waals surface area (Å²) in [5.41, 5.74) is 1.18. The molecule has 21 heavy (non-hydrogen) atoms. The van der Waals surface area contributed by atoms with E-state index in [-0.39, 0.29) is 12.5 Å². The number of unbranched alkanes of at least 4 members (excludes halogenated alkanes) is 1. The van der Waals surface area contributed by atoms with Crippen molar-refractivity contribution >= 4 is 10.8 Å². The molecule has 0 saturated carbocycles. The number of alkyl halides is 3. The van der Waals surface area contributed by atoms with Crippen LogP contribution in [-0.4, -0.2) is 12.7 Å². The highest BCUT2D eigenvalue weighted by molar-refractivity contribution is 5.86. The Morgan fingerprint density at radius 1 is 1.00 bits per heavy atom. The first kappa shape index (κ1) is 15.8. The molecule has 0 aromatic heterocycles. The highest BCUT2D eigenvalue weighted by Gasteiger charge is 2.25. The molecule has 0 fully saturated rings. The average molecular weight is 295 g/mol. The Labute approximate surface area is 123 Å². The summed E-state index contributed by atoms with van der Waals surface area (Å²) in [6.45, 7) is 2.64. The lowest BCUT2D eigenvalue weighted by molar-refractivity contribution is -0.135. The maximum atomic E-state index is 12.1. The lowest BCUT2D eigenvalue weighted by atomic mass is 9.99. The van der Waals surface area contributed by atoms with Crippen LogP contribution in [0.25, 0.3) is 10.8 Å². The summed E-state index contributed by atoms with van der Waals surface area (Å²) in [5, 5.41) is 5.68. The van der Waals surface area contributed by atoms with Crippen LogP contribution >= 0.6 is 0 Å². The standard InChI is InChI=1S/C17H20F3N/c1-13(21-12-5-4-11-17(18,19)20)15-10-6-8-14-7-2-3-9-16(14)15/h2-3,6-10,13,21H,4-5,11-12H2,1H3. The topological polar surface area (TPSA) is 12.0 Å². The monoisotopic (exact) mass is 295 g/mol. The van der Waals surface area contributed by atoms with Gasteiger partial charge in [0.1, 0.15) is 0 Å². The molecule has 0 aliphatic carbocycles. The van der Waals surface area contributed by atoms with Crippen LogP contribution in [0.1, 0.15) is 37.8 Å². The number of benzene rings is 2. The van der Waals surface area contributed by atoms with Crippen molar-refractivity contribution in [3.8, 4) is 0 Å². The number of hydrogen-bond acceptors (Lipinski definition) is 1. The van der Waals surface area contributed by atoms with Crippen LogP contribution in [0.2, 0.25) is 0 Å². The third-order valence-electron chi connectivity index (χ3n) is 3.63. The Bertz CT molecular complexity index is 572. The minimum absolute atomic E-state index is 0.127. The molecule has 4 heteroatoms. The number of fused-ring (bicyclic) bond motifs is 1.